The van der Waals surface area contributed by atoms with Crippen LogP contribution in [0.1, 0.15) is 5.56 Å². The Bertz CT molecular complexity index is 985. The first-order chi connectivity index (χ1) is 14.5. The van der Waals surface area contributed by atoms with Crippen LogP contribution in [0.4, 0.5) is 5.69 Å². The summed E-state index contributed by atoms with van der Waals surface area (Å²) in [5.74, 6) is -0.0170. The second-order valence-corrected chi connectivity index (χ2v) is 9.91. The molecule has 0 bridgehead atoms. The van der Waals surface area contributed by atoms with E-state index in [1.165, 1.54) is 16.0 Å². The summed E-state index contributed by atoms with van der Waals surface area (Å²) < 4.78 is 23.9. The number of amides is 1. The molecule has 30 heavy (non-hydrogen) atoms. The fraction of sp³-hybridized carbons (Fsp3) is 0.348. The maximum Gasteiger partial charge on any atom is 0.278 e. The molecule has 1 saturated heterocycles. The highest BCUT2D eigenvalue weighted by Gasteiger charge is 2.32. The van der Waals surface area contributed by atoms with Gasteiger partial charge in [-0.15, -0.1) is 0 Å². The number of para-hydroxylation sites is 1. The van der Waals surface area contributed by atoms with Gasteiger partial charge in [0.15, 0.2) is 16.4 Å². The van der Waals surface area contributed by atoms with Crippen LogP contribution >= 0.6 is 0 Å². The zero-order chi connectivity index (χ0) is 21.0. The number of hydrogen-bond donors (Lipinski definition) is 1. The van der Waals surface area contributed by atoms with E-state index in [4.69, 9.17) is 0 Å². The molecule has 6 nitrogen and oxygen atoms in total. The van der Waals surface area contributed by atoms with Crippen LogP contribution in [0.25, 0.3) is 0 Å². The van der Waals surface area contributed by atoms with Gasteiger partial charge in [-0.2, -0.15) is 0 Å². The van der Waals surface area contributed by atoms with Gasteiger partial charge in [-0.05, 0) is 23.8 Å². The Morgan fingerprint density at radius 2 is 1.63 bits per heavy atom. The smallest absolute Gasteiger partial charge is 0.278 e. The number of nitrogens with one attached hydrogen (secondary N) is 1. The van der Waals surface area contributed by atoms with Gasteiger partial charge in [-0.3, -0.25) is 4.79 Å². The molecule has 2 aliphatic heterocycles. The van der Waals surface area contributed by atoms with Crippen LogP contribution in [0, 0.1) is 0 Å². The van der Waals surface area contributed by atoms with Crippen molar-refractivity contribution < 1.29 is 18.1 Å². The Morgan fingerprint density at radius 1 is 1.00 bits per heavy atom. The average Bonchev–Trinajstić information content (AvgIpc) is 3.13. The SMILES string of the molecule is O=C(C[NH+]1CCN(c2ccccc2)CC1)N(Cc1ccccc1)[C@H]1C=CS(=O)(=O)C1. The first-order valence-corrected chi connectivity index (χ1v) is 12.1. The number of quaternary nitrogens is 1. The number of hydrogen-bond acceptors (Lipinski definition) is 4. The van der Waals surface area contributed by atoms with Crippen molar-refractivity contribution in [1.82, 2.24) is 4.90 Å². The van der Waals surface area contributed by atoms with E-state index in [0.717, 1.165) is 31.7 Å². The fourth-order valence-corrected chi connectivity index (χ4v) is 5.44. The zero-order valence-corrected chi connectivity index (χ0v) is 17.8. The van der Waals surface area contributed by atoms with E-state index in [2.05, 4.69) is 17.0 Å². The molecule has 0 aromatic heterocycles. The molecular weight excluding hydrogens is 398 g/mol. The summed E-state index contributed by atoms with van der Waals surface area (Å²) in [6.45, 7) is 4.40. The van der Waals surface area contributed by atoms with Gasteiger partial charge in [-0.1, -0.05) is 48.5 Å². The minimum Gasteiger partial charge on any atom is -0.360 e. The van der Waals surface area contributed by atoms with Gasteiger partial charge in [0, 0.05) is 17.6 Å². The molecule has 1 N–H and O–H groups in total. The van der Waals surface area contributed by atoms with Crippen molar-refractivity contribution >= 4 is 21.4 Å². The van der Waals surface area contributed by atoms with E-state index < -0.39 is 15.9 Å². The lowest BCUT2D eigenvalue weighted by molar-refractivity contribution is -0.892. The molecule has 0 aliphatic carbocycles. The number of benzene rings is 2. The second kappa shape index (κ2) is 9.02. The third kappa shape index (κ3) is 5.09. The molecule has 7 heteroatoms. The predicted molar refractivity (Wildman–Crippen MR) is 118 cm³/mol. The van der Waals surface area contributed by atoms with Crippen LogP contribution < -0.4 is 9.80 Å². The molecule has 1 fully saturated rings. The summed E-state index contributed by atoms with van der Waals surface area (Å²) in [5.41, 5.74) is 2.22. The summed E-state index contributed by atoms with van der Waals surface area (Å²) in [5, 5.41) is 1.24. The van der Waals surface area contributed by atoms with Crippen molar-refractivity contribution in [2.75, 3.05) is 43.4 Å². The Labute approximate surface area is 178 Å². The Hall–Kier alpha value is -2.64. The summed E-state index contributed by atoms with van der Waals surface area (Å²) in [6.07, 6.45) is 1.65. The van der Waals surface area contributed by atoms with Crippen molar-refractivity contribution in [3.05, 3.63) is 77.7 Å². The van der Waals surface area contributed by atoms with Crippen LogP contribution in [0.15, 0.2) is 72.1 Å². The summed E-state index contributed by atoms with van der Waals surface area (Å²) in [7, 11) is -3.23. The van der Waals surface area contributed by atoms with Crippen LogP contribution in [0.2, 0.25) is 0 Å². The third-order valence-electron chi connectivity index (χ3n) is 5.82. The third-order valence-corrected chi connectivity index (χ3v) is 7.20. The molecule has 0 spiro atoms. The van der Waals surface area contributed by atoms with Crippen molar-refractivity contribution in [3.8, 4) is 0 Å². The van der Waals surface area contributed by atoms with Gasteiger partial charge in [0.05, 0.1) is 38.0 Å². The van der Waals surface area contributed by atoms with E-state index in [-0.39, 0.29) is 11.7 Å². The van der Waals surface area contributed by atoms with E-state index in [1.54, 1.807) is 11.0 Å². The van der Waals surface area contributed by atoms with Crippen molar-refractivity contribution in [2.24, 2.45) is 0 Å². The van der Waals surface area contributed by atoms with Gasteiger partial charge in [-0.25, -0.2) is 8.42 Å². The topological polar surface area (TPSA) is 62.1 Å². The Kier molecular flexibility index (Phi) is 6.20. The van der Waals surface area contributed by atoms with E-state index in [9.17, 15) is 13.2 Å². The highest BCUT2D eigenvalue weighted by atomic mass is 32.2. The minimum atomic E-state index is -3.23. The predicted octanol–water partition coefficient (Wildman–Crippen LogP) is 0.731. The van der Waals surface area contributed by atoms with Crippen LogP contribution in [-0.2, 0) is 21.2 Å². The standard InChI is InChI=1S/C23H27N3O3S/c27-23(18-24-12-14-25(15-13-24)21-9-5-2-6-10-21)26(17-20-7-3-1-4-8-20)22-11-16-30(28,29)19-22/h1-11,16,22H,12-15,17-19H2/p+1/t22-/m0/s1. The number of anilines is 1. The zero-order valence-electron chi connectivity index (χ0n) is 17.0. The van der Waals surface area contributed by atoms with Gasteiger partial charge >= 0.3 is 0 Å². The van der Waals surface area contributed by atoms with Gasteiger partial charge < -0.3 is 14.7 Å². The summed E-state index contributed by atoms with van der Waals surface area (Å²) in [6, 6.07) is 19.7. The summed E-state index contributed by atoms with van der Waals surface area (Å²) >= 11 is 0. The molecule has 1 atom stereocenters. The van der Waals surface area contributed by atoms with Gasteiger partial charge in [0.2, 0.25) is 0 Å². The number of carbonyl (C=O) groups is 1. The van der Waals surface area contributed by atoms with Crippen LogP contribution in [-0.4, -0.2) is 63.7 Å². The normalized spacial score (nSPS) is 20.9. The second-order valence-electron chi connectivity index (χ2n) is 7.98. The largest absolute Gasteiger partial charge is 0.360 e. The van der Waals surface area contributed by atoms with Crippen molar-refractivity contribution in [3.63, 3.8) is 0 Å². The number of sulfone groups is 1. The monoisotopic (exact) mass is 426 g/mol. The van der Waals surface area contributed by atoms with E-state index in [1.807, 2.05) is 48.5 Å². The fourth-order valence-electron chi connectivity index (χ4n) is 4.14. The molecule has 0 unspecified atom stereocenters. The maximum absolute atomic E-state index is 13.2. The van der Waals surface area contributed by atoms with Crippen molar-refractivity contribution in [2.45, 2.75) is 12.6 Å². The molecule has 2 aliphatic rings. The Morgan fingerprint density at radius 3 is 2.23 bits per heavy atom. The highest BCUT2D eigenvalue weighted by Crippen LogP contribution is 2.18. The van der Waals surface area contributed by atoms with Gasteiger partial charge in [0.1, 0.15) is 0 Å². The number of rotatable bonds is 6. The first-order valence-electron chi connectivity index (χ1n) is 10.4. The van der Waals surface area contributed by atoms with Gasteiger partial charge in [0.25, 0.3) is 5.91 Å². The molecule has 4 rings (SSSR count). The first kappa shape index (κ1) is 20.6. The number of piperazine rings is 1. The van der Waals surface area contributed by atoms with Crippen LogP contribution in [0.5, 0.6) is 0 Å². The molecule has 2 aromatic carbocycles. The van der Waals surface area contributed by atoms with Crippen LogP contribution in [0.3, 0.4) is 0 Å². The quantitative estimate of drug-likeness (QED) is 0.740. The highest BCUT2D eigenvalue weighted by molar-refractivity contribution is 7.94. The molecule has 0 saturated carbocycles. The molecule has 0 radical (unpaired) electrons. The maximum atomic E-state index is 13.2. The lowest BCUT2D eigenvalue weighted by Crippen LogP contribution is -3.16. The Balaban J connectivity index is 1.40. The lowest BCUT2D eigenvalue weighted by atomic mass is 10.1. The molecular formula is C23H28N3O3S+. The minimum absolute atomic E-state index is 0.00811. The lowest BCUT2D eigenvalue weighted by Gasteiger charge is -2.35. The van der Waals surface area contributed by atoms with E-state index >= 15 is 0 Å². The van der Waals surface area contributed by atoms with E-state index in [0.29, 0.717) is 13.1 Å². The number of carbonyl (C=O) groups excluding carboxylic acids is 1. The molecule has 2 aromatic rings. The average molecular weight is 427 g/mol. The summed E-state index contributed by atoms with van der Waals surface area (Å²) in [4.78, 5) is 18.6. The molecule has 158 valence electrons. The molecule has 1 amide bonds. The molecule has 2 heterocycles. The van der Waals surface area contributed by atoms with Crippen molar-refractivity contribution in [1.29, 1.82) is 0 Å². The number of nitrogens with zero attached hydrogens (tertiary/aromatic N) is 2.